The summed E-state index contributed by atoms with van der Waals surface area (Å²) in [5.41, 5.74) is 9.32. The third-order valence-corrected chi connectivity index (χ3v) is 5.49. The summed E-state index contributed by atoms with van der Waals surface area (Å²) in [5.74, 6) is 1.06. The predicted molar refractivity (Wildman–Crippen MR) is 92.9 cm³/mol. The van der Waals surface area contributed by atoms with Gasteiger partial charge in [0.1, 0.15) is 0 Å². The number of benzene rings is 2. The van der Waals surface area contributed by atoms with Crippen LogP contribution in [0, 0.1) is 0 Å². The van der Waals surface area contributed by atoms with Crippen molar-refractivity contribution in [1.82, 2.24) is 0 Å². The number of azide groups is 1. The van der Waals surface area contributed by atoms with Crippen molar-refractivity contribution in [1.29, 1.82) is 0 Å². The fourth-order valence-electron chi connectivity index (χ4n) is 2.06. The first kappa shape index (κ1) is 17.4. The average Bonchev–Trinajstić information content (AvgIpc) is 2.56. The largest absolute Gasteiger partial charge is 0.264 e. The van der Waals surface area contributed by atoms with Crippen LogP contribution in [-0.2, 0) is 16.4 Å². The SMILES string of the molecule is [N-]=[N+]=NS(=O)(=O)c1ccc(CCCCSc2ccccc2)cc1. The summed E-state index contributed by atoms with van der Waals surface area (Å²) in [5, 5.41) is 0. The van der Waals surface area contributed by atoms with Gasteiger partial charge in [0.05, 0.1) is 4.90 Å². The average molecular weight is 347 g/mol. The quantitative estimate of drug-likeness (QED) is 0.226. The Bertz CT molecular complexity index is 769. The number of hydrogen-bond acceptors (Lipinski definition) is 3. The van der Waals surface area contributed by atoms with Crippen LogP contribution in [0.15, 0.2) is 68.9 Å². The summed E-state index contributed by atoms with van der Waals surface area (Å²) < 4.78 is 25.9. The number of sulfonamides is 1. The van der Waals surface area contributed by atoms with Crippen molar-refractivity contribution in [3.05, 3.63) is 70.6 Å². The van der Waals surface area contributed by atoms with E-state index in [9.17, 15) is 8.42 Å². The van der Waals surface area contributed by atoms with Crippen molar-refractivity contribution in [2.45, 2.75) is 29.1 Å². The van der Waals surface area contributed by atoms with Crippen LogP contribution >= 0.6 is 11.8 Å². The molecule has 0 aliphatic rings. The lowest BCUT2D eigenvalue weighted by Gasteiger charge is -2.04. The van der Waals surface area contributed by atoms with E-state index in [1.54, 1.807) is 12.1 Å². The Labute approximate surface area is 140 Å². The molecule has 2 rings (SSSR count). The lowest BCUT2D eigenvalue weighted by atomic mass is 10.1. The fourth-order valence-corrected chi connectivity index (χ4v) is 3.67. The minimum absolute atomic E-state index is 0.0266. The lowest BCUT2D eigenvalue weighted by Crippen LogP contribution is -1.96. The zero-order valence-corrected chi connectivity index (χ0v) is 14.1. The Morgan fingerprint density at radius 1 is 1.00 bits per heavy atom. The first-order chi connectivity index (χ1) is 11.1. The Morgan fingerprint density at radius 3 is 2.35 bits per heavy atom. The molecule has 0 atom stereocenters. The summed E-state index contributed by atoms with van der Waals surface area (Å²) in [6, 6.07) is 16.8. The normalized spacial score (nSPS) is 11.0. The van der Waals surface area contributed by atoms with Crippen LogP contribution in [0.5, 0.6) is 0 Å². The van der Waals surface area contributed by atoms with Crippen molar-refractivity contribution >= 4 is 21.8 Å². The van der Waals surface area contributed by atoms with E-state index in [1.165, 1.54) is 17.0 Å². The zero-order valence-electron chi connectivity index (χ0n) is 12.5. The van der Waals surface area contributed by atoms with Gasteiger partial charge in [-0.1, -0.05) is 30.3 Å². The van der Waals surface area contributed by atoms with Gasteiger partial charge < -0.3 is 0 Å². The Morgan fingerprint density at radius 2 is 1.70 bits per heavy atom. The molecule has 5 nitrogen and oxygen atoms in total. The molecule has 0 aromatic heterocycles. The maximum absolute atomic E-state index is 11.6. The number of aryl methyl sites for hydroxylation is 1. The topological polar surface area (TPSA) is 82.9 Å². The highest BCUT2D eigenvalue weighted by atomic mass is 32.2. The molecule has 0 aliphatic heterocycles. The van der Waals surface area contributed by atoms with E-state index in [0.29, 0.717) is 0 Å². The standard InChI is InChI=1S/C16H17N3O2S2/c17-18-19-23(20,21)16-11-9-14(10-12-16)6-4-5-13-22-15-7-2-1-3-8-15/h1-3,7-12H,4-6,13H2. The molecule has 23 heavy (non-hydrogen) atoms. The number of unbranched alkanes of at least 4 members (excludes halogenated alkanes) is 1. The lowest BCUT2D eigenvalue weighted by molar-refractivity contribution is 0.597. The Kier molecular flexibility index (Phi) is 6.52. The second-order valence-electron chi connectivity index (χ2n) is 4.91. The molecular weight excluding hydrogens is 330 g/mol. The van der Waals surface area contributed by atoms with E-state index in [-0.39, 0.29) is 4.90 Å². The summed E-state index contributed by atoms with van der Waals surface area (Å²) in [6.07, 6.45) is 3.04. The number of thioether (sulfide) groups is 1. The van der Waals surface area contributed by atoms with E-state index < -0.39 is 10.0 Å². The number of nitrogens with zero attached hydrogens (tertiary/aromatic N) is 3. The highest BCUT2D eigenvalue weighted by Crippen LogP contribution is 2.19. The van der Waals surface area contributed by atoms with Gasteiger partial charge in [0.2, 0.25) is 0 Å². The molecule has 0 heterocycles. The predicted octanol–water partition coefficient (Wildman–Crippen LogP) is 4.80. The third kappa shape index (κ3) is 5.63. The molecule has 0 fully saturated rings. The number of hydrogen-bond donors (Lipinski definition) is 0. The van der Waals surface area contributed by atoms with Crippen LogP contribution in [0.3, 0.4) is 0 Å². The molecule has 2 aromatic carbocycles. The highest BCUT2D eigenvalue weighted by Gasteiger charge is 2.11. The second kappa shape index (κ2) is 8.62. The first-order valence-electron chi connectivity index (χ1n) is 7.20. The fraction of sp³-hybridized carbons (Fsp3) is 0.250. The van der Waals surface area contributed by atoms with Crippen molar-refractivity contribution in [2.24, 2.45) is 4.52 Å². The molecule has 0 amide bonds. The van der Waals surface area contributed by atoms with Crippen molar-refractivity contribution in [3.63, 3.8) is 0 Å². The van der Waals surface area contributed by atoms with Gasteiger partial charge in [0.25, 0.3) is 10.0 Å². The van der Waals surface area contributed by atoms with Crippen LogP contribution < -0.4 is 0 Å². The van der Waals surface area contributed by atoms with Crippen LogP contribution in [0.4, 0.5) is 0 Å². The highest BCUT2D eigenvalue weighted by molar-refractivity contribution is 7.99. The molecule has 2 aromatic rings. The van der Waals surface area contributed by atoms with E-state index in [2.05, 4.69) is 21.6 Å². The van der Waals surface area contributed by atoms with Gasteiger partial charge in [-0.15, -0.1) is 11.8 Å². The molecule has 0 unspecified atom stereocenters. The van der Waals surface area contributed by atoms with Gasteiger partial charge in [0.15, 0.2) is 0 Å². The minimum atomic E-state index is -3.88. The van der Waals surface area contributed by atoms with E-state index in [0.717, 1.165) is 30.6 Å². The summed E-state index contributed by atoms with van der Waals surface area (Å²) in [6.45, 7) is 0. The smallest absolute Gasteiger partial charge is 0.216 e. The van der Waals surface area contributed by atoms with Crippen molar-refractivity contribution < 1.29 is 8.42 Å². The third-order valence-electron chi connectivity index (χ3n) is 3.24. The van der Waals surface area contributed by atoms with Gasteiger partial charge in [-0.05, 0) is 60.4 Å². The van der Waals surface area contributed by atoms with Crippen LogP contribution in [0.2, 0.25) is 0 Å². The van der Waals surface area contributed by atoms with Gasteiger partial charge in [-0.2, -0.15) is 0 Å². The molecule has 0 radical (unpaired) electrons. The molecule has 0 N–H and O–H groups in total. The van der Waals surface area contributed by atoms with E-state index in [1.807, 2.05) is 30.0 Å². The van der Waals surface area contributed by atoms with Crippen molar-refractivity contribution in [3.8, 4) is 0 Å². The zero-order chi connectivity index (χ0) is 16.5. The molecular formula is C16H17N3O2S2. The number of rotatable bonds is 8. The van der Waals surface area contributed by atoms with E-state index in [4.69, 9.17) is 5.53 Å². The van der Waals surface area contributed by atoms with Crippen LogP contribution in [-0.4, -0.2) is 14.2 Å². The first-order valence-corrected chi connectivity index (χ1v) is 9.62. The Balaban J connectivity index is 1.77. The molecule has 7 heteroatoms. The summed E-state index contributed by atoms with van der Waals surface area (Å²) in [4.78, 5) is 3.64. The molecule has 0 bridgehead atoms. The Hall–Kier alpha value is -1.95. The van der Waals surface area contributed by atoms with Gasteiger partial charge >= 0.3 is 0 Å². The van der Waals surface area contributed by atoms with Gasteiger partial charge in [-0.3, -0.25) is 0 Å². The molecule has 120 valence electrons. The van der Waals surface area contributed by atoms with E-state index >= 15 is 0 Å². The van der Waals surface area contributed by atoms with Crippen molar-refractivity contribution in [2.75, 3.05) is 5.75 Å². The van der Waals surface area contributed by atoms with Gasteiger partial charge in [0, 0.05) is 14.3 Å². The van der Waals surface area contributed by atoms with Crippen LogP contribution in [0.25, 0.3) is 10.4 Å². The molecule has 0 spiro atoms. The summed E-state index contributed by atoms with van der Waals surface area (Å²) in [7, 11) is -3.88. The monoisotopic (exact) mass is 347 g/mol. The molecule has 0 aliphatic carbocycles. The molecule has 0 saturated heterocycles. The van der Waals surface area contributed by atoms with Crippen LogP contribution in [0.1, 0.15) is 18.4 Å². The second-order valence-corrected chi connectivity index (χ2v) is 7.66. The van der Waals surface area contributed by atoms with Gasteiger partial charge in [-0.25, -0.2) is 8.42 Å². The molecule has 0 saturated carbocycles. The summed E-state index contributed by atoms with van der Waals surface area (Å²) >= 11 is 1.84. The minimum Gasteiger partial charge on any atom is -0.216 e. The maximum Gasteiger partial charge on any atom is 0.264 e. The maximum atomic E-state index is 11.6.